The van der Waals surface area contributed by atoms with Gasteiger partial charge in [0.15, 0.2) is 0 Å². The van der Waals surface area contributed by atoms with Crippen molar-refractivity contribution in [3.8, 4) is 0 Å². The number of aromatic nitrogens is 1. The van der Waals surface area contributed by atoms with Crippen molar-refractivity contribution in [2.45, 2.75) is 40.0 Å². The Hall–Kier alpha value is -2.21. The van der Waals surface area contributed by atoms with Gasteiger partial charge in [0.25, 0.3) is 0 Å². The van der Waals surface area contributed by atoms with E-state index in [0.717, 1.165) is 42.2 Å². The Bertz CT molecular complexity index is 688. The first-order valence-electron chi connectivity index (χ1n) is 8.70. The summed E-state index contributed by atoms with van der Waals surface area (Å²) in [5, 5.41) is 6.89. The second kappa shape index (κ2) is 9.93. The minimum atomic E-state index is -0.157. The average molecular weight is 359 g/mol. The van der Waals surface area contributed by atoms with Gasteiger partial charge in [-0.2, -0.15) is 5.10 Å². The summed E-state index contributed by atoms with van der Waals surface area (Å²) in [6.07, 6.45) is 4.18. The zero-order valence-electron chi connectivity index (χ0n) is 15.2. The minimum absolute atomic E-state index is 0.157. The molecule has 6 heteroatoms. The molecule has 1 amide bonds. The second-order valence-electron chi connectivity index (χ2n) is 5.91. The maximum Gasteiger partial charge on any atom is 0.246 e. The number of rotatable bonds is 9. The molecule has 0 saturated carbocycles. The third kappa shape index (κ3) is 6.31. The van der Waals surface area contributed by atoms with Crippen LogP contribution in [0.4, 0.5) is 5.69 Å². The third-order valence-corrected chi connectivity index (χ3v) is 4.48. The number of hydrazone groups is 1. The molecule has 5 nitrogen and oxygen atoms in total. The van der Waals surface area contributed by atoms with Gasteiger partial charge in [0, 0.05) is 24.2 Å². The molecule has 2 rings (SSSR count). The lowest BCUT2D eigenvalue weighted by atomic mass is 10.2. The largest absolute Gasteiger partial charge is 0.372 e. The van der Waals surface area contributed by atoms with E-state index >= 15 is 0 Å². The first kappa shape index (κ1) is 19.1. The maximum absolute atomic E-state index is 11.8. The SMILES string of the molecule is CCCN(CCC)c1ccc(/C=N\NC(=O)Cc2csc(C)n2)cc1. The van der Waals surface area contributed by atoms with E-state index in [2.05, 4.69) is 46.4 Å². The average Bonchev–Trinajstić information content (AvgIpc) is 3.00. The predicted molar refractivity (Wildman–Crippen MR) is 106 cm³/mol. The molecule has 0 aliphatic heterocycles. The number of aryl methyl sites for hydroxylation is 1. The van der Waals surface area contributed by atoms with Gasteiger partial charge in [-0.1, -0.05) is 26.0 Å². The summed E-state index contributed by atoms with van der Waals surface area (Å²) < 4.78 is 0. The van der Waals surface area contributed by atoms with Crippen LogP contribution in [0.15, 0.2) is 34.7 Å². The highest BCUT2D eigenvalue weighted by Crippen LogP contribution is 2.15. The van der Waals surface area contributed by atoms with Gasteiger partial charge in [-0.15, -0.1) is 11.3 Å². The Morgan fingerprint density at radius 1 is 1.24 bits per heavy atom. The molecule has 0 aliphatic carbocycles. The number of anilines is 1. The lowest BCUT2D eigenvalue weighted by molar-refractivity contribution is -0.120. The normalized spacial score (nSPS) is 11.0. The lowest BCUT2D eigenvalue weighted by Crippen LogP contribution is -2.24. The third-order valence-electron chi connectivity index (χ3n) is 3.66. The van der Waals surface area contributed by atoms with E-state index in [1.54, 1.807) is 17.6 Å². The molecule has 0 aliphatic rings. The minimum Gasteiger partial charge on any atom is -0.372 e. The number of nitrogens with one attached hydrogen (secondary N) is 1. The fourth-order valence-corrected chi connectivity index (χ4v) is 3.17. The van der Waals surface area contributed by atoms with Gasteiger partial charge >= 0.3 is 0 Å². The van der Waals surface area contributed by atoms with E-state index < -0.39 is 0 Å². The van der Waals surface area contributed by atoms with Gasteiger partial charge in [0.1, 0.15) is 0 Å². The summed E-state index contributed by atoms with van der Waals surface area (Å²) >= 11 is 1.54. The highest BCUT2D eigenvalue weighted by Gasteiger charge is 2.05. The number of carbonyl (C=O) groups is 1. The van der Waals surface area contributed by atoms with Gasteiger partial charge in [-0.3, -0.25) is 4.79 Å². The van der Waals surface area contributed by atoms with E-state index in [1.165, 1.54) is 5.69 Å². The van der Waals surface area contributed by atoms with Crippen molar-refractivity contribution in [2.75, 3.05) is 18.0 Å². The van der Waals surface area contributed by atoms with Gasteiger partial charge in [-0.25, -0.2) is 10.4 Å². The molecule has 0 saturated heterocycles. The van der Waals surface area contributed by atoms with Crippen molar-refractivity contribution in [1.29, 1.82) is 0 Å². The number of benzene rings is 1. The van der Waals surface area contributed by atoms with Crippen molar-refractivity contribution in [3.05, 3.63) is 45.9 Å². The maximum atomic E-state index is 11.8. The molecule has 0 atom stereocenters. The number of hydrogen-bond acceptors (Lipinski definition) is 5. The summed E-state index contributed by atoms with van der Waals surface area (Å²) in [6, 6.07) is 8.25. The van der Waals surface area contributed by atoms with Crippen LogP contribution in [-0.4, -0.2) is 30.2 Å². The first-order chi connectivity index (χ1) is 12.1. The highest BCUT2D eigenvalue weighted by molar-refractivity contribution is 7.09. The van der Waals surface area contributed by atoms with E-state index in [0.29, 0.717) is 0 Å². The van der Waals surface area contributed by atoms with Crippen molar-refractivity contribution >= 4 is 29.1 Å². The summed E-state index contributed by atoms with van der Waals surface area (Å²) in [4.78, 5) is 18.5. The zero-order chi connectivity index (χ0) is 18.1. The Labute approximate surface area is 153 Å². The number of amides is 1. The number of hydrogen-bond donors (Lipinski definition) is 1. The fraction of sp³-hybridized carbons (Fsp3) is 0.421. The molecule has 134 valence electrons. The van der Waals surface area contributed by atoms with E-state index in [1.807, 2.05) is 24.4 Å². The van der Waals surface area contributed by atoms with Crippen LogP contribution in [0, 0.1) is 6.92 Å². The van der Waals surface area contributed by atoms with Crippen LogP contribution in [0.1, 0.15) is 43.0 Å². The van der Waals surface area contributed by atoms with Crippen molar-refractivity contribution in [2.24, 2.45) is 5.10 Å². The smallest absolute Gasteiger partial charge is 0.246 e. The Kier molecular flexibility index (Phi) is 7.60. The van der Waals surface area contributed by atoms with Crippen LogP contribution < -0.4 is 10.3 Å². The number of thiazole rings is 1. The molecule has 1 aromatic carbocycles. The molecule has 2 aromatic rings. The molecule has 0 radical (unpaired) electrons. The van der Waals surface area contributed by atoms with E-state index in [4.69, 9.17) is 0 Å². The molecule has 1 N–H and O–H groups in total. The van der Waals surface area contributed by atoms with Crippen LogP contribution in [0.25, 0.3) is 0 Å². The monoisotopic (exact) mass is 358 g/mol. The molecule has 0 bridgehead atoms. The van der Waals surface area contributed by atoms with E-state index in [-0.39, 0.29) is 12.3 Å². The number of carbonyl (C=O) groups excluding carboxylic acids is 1. The molecule has 1 aromatic heterocycles. The van der Waals surface area contributed by atoms with Gasteiger partial charge in [0.2, 0.25) is 5.91 Å². The van der Waals surface area contributed by atoms with Crippen molar-refractivity contribution in [1.82, 2.24) is 10.4 Å². The summed E-state index contributed by atoms with van der Waals surface area (Å²) in [6.45, 7) is 8.44. The molecule has 0 unspecified atom stereocenters. The van der Waals surface area contributed by atoms with Crippen LogP contribution in [-0.2, 0) is 11.2 Å². The molecule has 0 spiro atoms. The molecule has 0 fully saturated rings. The van der Waals surface area contributed by atoms with Crippen molar-refractivity contribution < 1.29 is 4.79 Å². The fourth-order valence-electron chi connectivity index (χ4n) is 2.55. The van der Waals surface area contributed by atoms with Gasteiger partial charge < -0.3 is 4.90 Å². The van der Waals surface area contributed by atoms with Gasteiger partial charge in [0.05, 0.1) is 23.3 Å². The standard InChI is InChI=1S/C19H26N4OS/c1-4-10-23(11-5-2)18-8-6-16(7-9-18)13-20-22-19(24)12-17-14-25-15(3)21-17/h6-9,13-14H,4-5,10-12H2,1-3H3,(H,22,24)/b20-13-. The zero-order valence-corrected chi connectivity index (χ0v) is 16.0. The Morgan fingerprint density at radius 3 is 2.48 bits per heavy atom. The van der Waals surface area contributed by atoms with Crippen LogP contribution in [0.2, 0.25) is 0 Å². The molecular weight excluding hydrogens is 332 g/mol. The predicted octanol–water partition coefficient (Wildman–Crippen LogP) is 3.77. The quantitative estimate of drug-likeness (QED) is 0.548. The molecule has 1 heterocycles. The van der Waals surface area contributed by atoms with E-state index in [9.17, 15) is 4.79 Å². The van der Waals surface area contributed by atoms with Crippen LogP contribution in [0.3, 0.4) is 0 Å². The lowest BCUT2D eigenvalue weighted by Gasteiger charge is -2.23. The Morgan fingerprint density at radius 2 is 1.92 bits per heavy atom. The van der Waals surface area contributed by atoms with Crippen LogP contribution in [0.5, 0.6) is 0 Å². The number of nitrogens with zero attached hydrogens (tertiary/aromatic N) is 3. The molecular formula is C19H26N4OS. The first-order valence-corrected chi connectivity index (χ1v) is 9.58. The second-order valence-corrected chi connectivity index (χ2v) is 6.97. The Balaban J connectivity index is 1.87. The van der Waals surface area contributed by atoms with Gasteiger partial charge in [-0.05, 0) is 37.5 Å². The topological polar surface area (TPSA) is 57.6 Å². The van der Waals surface area contributed by atoms with Crippen molar-refractivity contribution in [3.63, 3.8) is 0 Å². The summed E-state index contributed by atoms with van der Waals surface area (Å²) in [5.41, 5.74) is 5.52. The summed E-state index contributed by atoms with van der Waals surface area (Å²) in [7, 11) is 0. The molecule has 25 heavy (non-hydrogen) atoms. The summed E-state index contributed by atoms with van der Waals surface area (Å²) in [5.74, 6) is -0.157. The highest BCUT2D eigenvalue weighted by atomic mass is 32.1. The van der Waals surface area contributed by atoms with Crippen LogP contribution >= 0.6 is 11.3 Å².